The molecular weight excluding hydrogens is 236 g/mol. The molecule has 0 aliphatic heterocycles. The van der Waals surface area contributed by atoms with E-state index >= 15 is 0 Å². The maximum absolute atomic E-state index is 11.9. The van der Waals surface area contributed by atoms with Gasteiger partial charge in [-0.15, -0.1) is 0 Å². The molecule has 5 heteroatoms. The highest BCUT2D eigenvalue weighted by atomic mass is 32.2. The minimum atomic E-state index is -3.49. The van der Waals surface area contributed by atoms with Gasteiger partial charge in [-0.2, -0.15) is 5.26 Å². The standard InChI is InChI=1S/C12H24N2O2S/c1-4-7-9-11(8-5-2)14-17(15,16)12(6-3)10-13/h11-12,14H,4-9H2,1-3H3. The molecule has 0 aromatic carbocycles. The highest BCUT2D eigenvalue weighted by Gasteiger charge is 2.25. The van der Waals surface area contributed by atoms with Crippen LogP contribution in [0, 0.1) is 11.3 Å². The molecule has 2 atom stereocenters. The van der Waals surface area contributed by atoms with Crippen molar-refractivity contribution in [2.75, 3.05) is 0 Å². The number of hydrogen-bond acceptors (Lipinski definition) is 3. The van der Waals surface area contributed by atoms with Crippen LogP contribution in [0.4, 0.5) is 0 Å². The van der Waals surface area contributed by atoms with Crippen LogP contribution in [0.15, 0.2) is 0 Å². The normalized spacial score (nSPS) is 15.2. The first-order chi connectivity index (χ1) is 8.01. The van der Waals surface area contributed by atoms with Gasteiger partial charge in [0.25, 0.3) is 0 Å². The van der Waals surface area contributed by atoms with Crippen molar-refractivity contribution < 1.29 is 8.42 Å². The van der Waals surface area contributed by atoms with E-state index in [1.165, 1.54) is 0 Å². The third kappa shape index (κ3) is 6.04. The van der Waals surface area contributed by atoms with Gasteiger partial charge in [0.2, 0.25) is 10.0 Å². The first-order valence-corrected chi connectivity index (χ1v) is 7.97. The fraction of sp³-hybridized carbons (Fsp3) is 0.917. The number of hydrogen-bond donors (Lipinski definition) is 1. The van der Waals surface area contributed by atoms with Crippen molar-refractivity contribution in [1.29, 1.82) is 5.26 Å². The van der Waals surface area contributed by atoms with E-state index in [-0.39, 0.29) is 6.04 Å². The first-order valence-electron chi connectivity index (χ1n) is 6.42. The summed E-state index contributed by atoms with van der Waals surface area (Å²) in [6, 6.07) is 1.82. The summed E-state index contributed by atoms with van der Waals surface area (Å²) >= 11 is 0. The van der Waals surface area contributed by atoms with E-state index in [0.717, 1.165) is 32.1 Å². The summed E-state index contributed by atoms with van der Waals surface area (Å²) in [5.74, 6) is 0. The summed E-state index contributed by atoms with van der Waals surface area (Å²) in [6.45, 7) is 5.84. The fourth-order valence-electron chi connectivity index (χ4n) is 1.76. The molecule has 0 heterocycles. The molecular formula is C12H24N2O2S. The Morgan fingerprint density at radius 3 is 2.24 bits per heavy atom. The van der Waals surface area contributed by atoms with Gasteiger partial charge in [-0.1, -0.05) is 40.0 Å². The minimum Gasteiger partial charge on any atom is -0.211 e. The van der Waals surface area contributed by atoms with Crippen molar-refractivity contribution in [3.63, 3.8) is 0 Å². The van der Waals surface area contributed by atoms with Crippen LogP contribution in [0.2, 0.25) is 0 Å². The van der Waals surface area contributed by atoms with Gasteiger partial charge < -0.3 is 0 Å². The number of unbranched alkanes of at least 4 members (excludes halogenated alkanes) is 1. The van der Waals surface area contributed by atoms with Crippen LogP contribution in [0.25, 0.3) is 0 Å². The molecule has 2 unspecified atom stereocenters. The van der Waals surface area contributed by atoms with Crippen LogP contribution in [-0.4, -0.2) is 19.7 Å². The summed E-state index contributed by atoms with van der Waals surface area (Å²) in [6.07, 6.45) is 5.03. The van der Waals surface area contributed by atoms with Gasteiger partial charge in [-0.25, -0.2) is 13.1 Å². The number of nitrogens with one attached hydrogen (secondary N) is 1. The van der Waals surface area contributed by atoms with Crippen LogP contribution >= 0.6 is 0 Å². The highest BCUT2D eigenvalue weighted by Crippen LogP contribution is 2.11. The maximum Gasteiger partial charge on any atom is 0.228 e. The molecule has 0 saturated heterocycles. The summed E-state index contributed by atoms with van der Waals surface area (Å²) in [7, 11) is -3.49. The van der Waals surface area contributed by atoms with E-state index in [4.69, 9.17) is 5.26 Å². The number of sulfonamides is 1. The lowest BCUT2D eigenvalue weighted by Gasteiger charge is -2.19. The SMILES string of the molecule is CCCCC(CCC)NS(=O)(=O)C(C#N)CC. The zero-order valence-electron chi connectivity index (χ0n) is 11.1. The number of nitrogens with zero attached hydrogens (tertiary/aromatic N) is 1. The maximum atomic E-state index is 11.9. The Labute approximate surface area is 105 Å². The minimum absolute atomic E-state index is 0.0210. The molecule has 100 valence electrons. The number of rotatable bonds is 9. The van der Waals surface area contributed by atoms with Crippen molar-refractivity contribution in [2.24, 2.45) is 0 Å². The van der Waals surface area contributed by atoms with Gasteiger partial charge in [0, 0.05) is 6.04 Å². The average Bonchev–Trinajstić information content (AvgIpc) is 2.27. The molecule has 1 N–H and O–H groups in total. The van der Waals surface area contributed by atoms with E-state index in [1.807, 2.05) is 13.0 Å². The smallest absolute Gasteiger partial charge is 0.211 e. The molecule has 0 aromatic heterocycles. The predicted octanol–water partition coefficient (Wildman–Crippen LogP) is 2.57. The van der Waals surface area contributed by atoms with Gasteiger partial charge in [0.15, 0.2) is 5.25 Å². The molecule has 0 bridgehead atoms. The fourth-order valence-corrected chi connectivity index (χ4v) is 3.20. The molecule has 0 aromatic rings. The summed E-state index contributed by atoms with van der Waals surface area (Å²) in [5, 5.41) is 7.88. The lowest BCUT2D eigenvalue weighted by molar-refractivity contribution is 0.480. The van der Waals surface area contributed by atoms with Crippen LogP contribution < -0.4 is 4.72 Å². The molecule has 0 rings (SSSR count). The predicted molar refractivity (Wildman–Crippen MR) is 70.0 cm³/mol. The van der Waals surface area contributed by atoms with Crippen LogP contribution in [0.5, 0.6) is 0 Å². The van der Waals surface area contributed by atoms with Crippen molar-refractivity contribution in [3.05, 3.63) is 0 Å². The van der Waals surface area contributed by atoms with Gasteiger partial charge >= 0.3 is 0 Å². The quantitative estimate of drug-likeness (QED) is 0.692. The molecule has 0 spiro atoms. The lowest BCUT2D eigenvalue weighted by atomic mass is 10.1. The summed E-state index contributed by atoms with van der Waals surface area (Å²) in [4.78, 5) is 0. The summed E-state index contributed by atoms with van der Waals surface area (Å²) in [5.41, 5.74) is 0. The second-order valence-electron chi connectivity index (χ2n) is 4.32. The molecule has 17 heavy (non-hydrogen) atoms. The monoisotopic (exact) mass is 260 g/mol. The Bertz CT molecular complexity index is 333. The van der Waals surface area contributed by atoms with E-state index in [0.29, 0.717) is 6.42 Å². The molecule has 0 aliphatic carbocycles. The largest absolute Gasteiger partial charge is 0.228 e. The lowest BCUT2D eigenvalue weighted by Crippen LogP contribution is -2.40. The van der Waals surface area contributed by atoms with Crippen molar-refractivity contribution in [2.45, 2.75) is 70.6 Å². The molecule has 0 radical (unpaired) electrons. The second-order valence-corrected chi connectivity index (χ2v) is 6.21. The number of nitriles is 1. The molecule has 0 fully saturated rings. The van der Waals surface area contributed by atoms with Crippen LogP contribution in [-0.2, 0) is 10.0 Å². The van der Waals surface area contributed by atoms with E-state index in [1.54, 1.807) is 6.92 Å². The first kappa shape index (κ1) is 16.4. The van der Waals surface area contributed by atoms with Gasteiger partial charge in [0.1, 0.15) is 0 Å². The Kier molecular flexibility index (Phi) is 8.19. The van der Waals surface area contributed by atoms with Crippen molar-refractivity contribution >= 4 is 10.0 Å². The topological polar surface area (TPSA) is 70.0 Å². The van der Waals surface area contributed by atoms with Gasteiger partial charge in [-0.05, 0) is 19.3 Å². The zero-order chi connectivity index (χ0) is 13.3. The van der Waals surface area contributed by atoms with E-state index in [2.05, 4.69) is 11.6 Å². The van der Waals surface area contributed by atoms with Crippen LogP contribution in [0.3, 0.4) is 0 Å². The Balaban J connectivity index is 4.57. The molecule has 0 aliphatic rings. The molecule has 0 saturated carbocycles. The molecule has 0 amide bonds. The Morgan fingerprint density at radius 2 is 1.82 bits per heavy atom. The van der Waals surface area contributed by atoms with Gasteiger partial charge in [-0.3, -0.25) is 0 Å². The second kappa shape index (κ2) is 8.48. The molecule has 4 nitrogen and oxygen atoms in total. The van der Waals surface area contributed by atoms with Gasteiger partial charge in [0.05, 0.1) is 6.07 Å². The third-order valence-electron chi connectivity index (χ3n) is 2.76. The third-order valence-corrected chi connectivity index (χ3v) is 4.61. The van der Waals surface area contributed by atoms with Crippen molar-refractivity contribution in [1.82, 2.24) is 4.72 Å². The van der Waals surface area contributed by atoms with E-state index in [9.17, 15) is 8.42 Å². The Hall–Kier alpha value is -0.600. The zero-order valence-corrected chi connectivity index (χ0v) is 11.9. The van der Waals surface area contributed by atoms with Crippen molar-refractivity contribution in [3.8, 4) is 6.07 Å². The summed E-state index contributed by atoms with van der Waals surface area (Å²) < 4.78 is 26.5. The van der Waals surface area contributed by atoms with E-state index < -0.39 is 15.3 Å². The highest BCUT2D eigenvalue weighted by molar-refractivity contribution is 7.90. The Morgan fingerprint density at radius 1 is 1.18 bits per heavy atom. The average molecular weight is 260 g/mol. The van der Waals surface area contributed by atoms with Crippen LogP contribution in [0.1, 0.15) is 59.3 Å².